The Hall–Kier alpha value is -1.95. The maximum atomic E-state index is 12.9. The van der Waals surface area contributed by atoms with Crippen LogP contribution in [0.5, 0.6) is 0 Å². The average Bonchev–Trinajstić information content (AvgIpc) is 2.68. The maximum absolute atomic E-state index is 12.9. The topological polar surface area (TPSA) is 53.7 Å². The zero-order valence-corrected chi connectivity index (χ0v) is 13.5. The van der Waals surface area contributed by atoms with Gasteiger partial charge in [-0.05, 0) is 46.3 Å². The van der Waals surface area contributed by atoms with Crippen molar-refractivity contribution < 1.29 is 4.79 Å². The molecule has 1 atom stereocenters. The number of likely N-dealkylation sites (tertiary alicyclic amines) is 1. The molecule has 2 aromatic rings. The molecule has 0 aromatic carbocycles. The van der Waals surface area contributed by atoms with Gasteiger partial charge in [0.2, 0.25) is 5.78 Å². The van der Waals surface area contributed by atoms with Gasteiger partial charge in [0, 0.05) is 31.5 Å². The highest BCUT2D eigenvalue weighted by Crippen LogP contribution is 2.18. The molecule has 22 heavy (non-hydrogen) atoms. The quantitative estimate of drug-likeness (QED) is 0.845. The molecule has 1 aliphatic heterocycles. The Morgan fingerprint density at radius 1 is 1.32 bits per heavy atom. The average molecular weight is 301 g/mol. The lowest BCUT2D eigenvalue weighted by Gasteiger charge is -2.23. The lowest BCUT2D eigenvalue weighted by atomic mass is 10.1. The molecule has 118 valence electrons. The third-order valence-electron chi connectivity index (χ3n) is 4.50. The van der Waals surface area contributed by atoms with Crippen molar-refractivity contribution in [3.63, 3.8) is 0 Å². The van der Waals surface area contributed by atoms with E-state index in [1.807, 2.05) is 24.1 Å². The Kier molecular flexibility index (Phi) is 4.11. The van der Waals surface area contributed by atoms with Crippen molar-refractivity contribution in [3.05, 3.63) is 29.8 Å². The van der Waals surface area contributed by atoms with Gasteiger partial charge in [-0.2, -0.15) is 0 Å². The van der Waals surface area contributed by atoms with Gasteiger partial charge in [0.1, 0.15) is 5.69 Å². The predicted octanol–water partition coefficient (Wildman–Crippen LogP) is 1.59. The van der Waals surface area contributed by atoms with E-state index in [2.05, 4.69) is 29.0 Å². The summed E-state index contributed by atoms with van der Waals surface area (Å²) < 4.78 is 1.80. The summed E-state index contributed by atoms with van der Waals surface area (Å²) in [5.74, 6) is 0.654. The van der Waals surface area contributed by atoms with Gasteiger partial charge in [-0.25, -0.2) is 9.97 Å². The van der Waals surface area contributed by atoms with E-state index in [-0.39, 0.29) is 5.91 Å². The van der Waals surface area contributed by atoms with Crippen LogP contribution in [0.4, 0.5) is 0 Å². The maximum Gasteiger partial charge on any atom is 0.272 e. The first-order valence-corrected chi connectivity index (χ1v) is 7.83. The normalized spacial score (nSPS) is 19.6. The van der Waals surface area contributed by atoms with E-state index in [0.29, 0.717) is 17.5 Å². The molecular weight excluding hydrogens is 278 g/mol. The molecule has 1 fully saturated rings. The number of carbonyl (C=O) groups is 1. The molecule has 0 aliphatic carbocycles. The Bertz CT molecular complexity index is 678. The van der Waals surface area contributed by atoms with E-state index in [4.69, 9.17) is 0 Å². The summed E-state index contributed by atoms with van der Waals surface area (Å²) in [5.41, 5.74) is 1.39. The second-order valence-corrected chi connectivity index (χ2v) is 6.18. The van der Waals surface area contributed by atoms with Crippen LogP contribution in [0.2, 0.25) is 0 Å². The number of aryl methyl sites for hydroxylation is 1. The van der Waals surface area contributed by atoms with Crippen LogP contribution >= 0.6 is 0 Å². The highest BCUT2D eigenvalue weighted by atomic mass is 16.2. The lowest BCUT2D eigenvalue weighted by molar-refractivity contribution is 0.0751. The first-order chi connectivity index (χ1) is 10.6. The molecule has 1 amide bonds. The summed E-state index contributed by atoms with van der Waals surface area (Å²) in [7, 11) is 4.23. The Balaban J connectivity index is 1.85. The third kappa shape index (κ3) is 2.70. The van der Waals surface area contributed by atoms with Crippen LogP contribution in [0.3, 0.4) is 0 Å². The number of hydrogen-bond donors (Lipinski definition) is 0. The summed E-state index contributed by atoms with van der Waals surface area (Å²) in [5, 5.41) is 0. The van der Waals surface area contributed by atoms with Crippen molar-refractivity contribution in [1.29, 1.82) is 0 Å². The van der Waals surface area contributed by atoms with Crippen LogP contribution in [0, 0.1) is 6.92 Å². The van der Waals surface area contributed by atoms with Gasteiger partial charge in [-0.15, -0.1) is 0 Å². The monoisotopic (exact) mass is 301 g/mol. The van der Waals surface area contributed by atoms with Crippen LogP contribution in [0.1, 0.15) is 35.4 Å². The number of aromatic nitrogens is 3. The van der Waals surface area contributed by atoms with Gasteiger partial charge >= 0.3 is 0 Å². The summed E-state index contributed by atoms with van der Waals surface area (Å²) in [6, 6.07) is 2.39. The summed E-state index contributed by atoms with van der Waals surface area (Å²) in [4.78, 5) is 25.8. The van der Waals surface area contributed by atoms with Crippen LogP contribution < -0.4 is 0 Å². The molecule has 0 saturated carbocycles. The first-order valence-electron chi connectivity index (χ1n) is 7.83. The zero-order valence-electron chi connectivity index (χ0n) is 13.5. The molecule has 0 N–H and O–H groups in total. The smallest absolute Gasteiger partial charge is 0.272 e. The fourth-order valence-electron chi connectivity index (χ4n) is 3.20. The van der Waals surface area contributed by atoms with Crippen molar-refractivity contribution in [2.75, 3.05) is 27.2 Å². The van der Waals surface area contributed by atoms with Gasteiger partial charge in [-0.3, -0.25) is 9.20 Å². The molecule has 0 bridgehead atoms. The van der Waals surface area contributed by atoms with E-state index >= 15 is 0 Å². The fraction of sp³-hybridized carbons (Fsp3) is 0.562. The predicted molar refractivity (Wildman–Crippen MR) is 85.0 cm³/mol. The standard InChI is InChI=1S/C16H23N5O/c1-12-14(21-10-5-8-17-16(21)18-12)15(22)20-9-4-6-13(7-11-20)19(2)3/h5,8,10,13H,4,6-7,9,11H2,1-3H3/t13-/m0/s1. The van der Waals surface area contributed by atoms with E-state index < -0.39 is 0 Å². The number of fused-ring (bicyclic) bond motifs is 1. The van der Waals surface area contributed by atoms with Crippen molar-refractivity contribution >= 4 is 11.7 Å². The molecule has 6 heteroatoms. The largest absolute Gasteiger partial charge is 0.337 e. The Morgan fingerprint density at radius 3 is 2.91 bits per heavy atom. The van der Waals surface area contributed by atoms with Crippen molar-refractivity contribution in [2.45, 2.75) is 32.2 Å². The van der Waals surface area contributed by atoms with Crippen molar-refractivity contribution in [3.8, 4) is 0 Å². The third-order valence-corrected chi connectivity index (χ3v) is 4.50. The van der Waals surface area contributed by atoms with Gasteiger partial charge in [0.25, 0.3) is 5.91 Å². The summed E-state index contributed by atoms with van der Waals surface area (Å²) in [6.07, 6.45) is 6.76. The zero-order chi connectivity index (χ0) is 15.7. The van der Waals surface area contributed by atoms with Crippen molar-refractivity contribution in [1.82, 2.24) is 24.2 Å². The molecule has 3 heterocycles. The molecule has 1 saturated heterocycles. The number of rotatable bonds is 2. The summed E-state index contributed by atoms with van der Waals surface area (Å²) >= 11 is 0. The van der Waals surface area contributed by atoms with E-state index in [1.54, 1.807) is 10.6 Å². The molecule has 0 radical (unpaired) electrons. The second-order valence-electron chi connectivity index (χ2n) is 6.18. The van der Waals surface area contributed by atoms with Crippen LogP contribution in [0.15, 0.2) is 18.5 Å². The van der Waals surface area contributed by atoms with E-state index in [9.17, 15) is 4.79 Å². The van der Waals surface area contributed by atoms with Crippen LogP contribution in [-0.2, 0) is 0 Å². The molecule has 0 unspecified atom stereocenters. The number of nitrogens with zero attached hydrogens (tertiary/aromatic N) is 5. The highest BCUT2D eigenvalue weighted by Gasteiger charge is 2.26. The second kappa shape index (κ2) is 6.04. The number of amides is 1. The van der Waals surface area contributed by atoms with Crippen LogP contribution in [-0.4, -0.2) is 63.3 Å². The minimum absolute atomic E-state index is 0.0670. The van der Waals surface area contributed by atoms with Gasteiger partial charge in [0.05, 0.1) is 5.69 Å². The minimum Gasteiger partial charge on any atom is -0.337 e. The fourth-order valence-corrected chi connectivity index (χ4v) is 3.20. The van der Waals surface area contributed by atoms with E-state index in [1.165, 1.54) is 0 Å². The number of imidazole rings is 1. The van der Waals surface area contributed by atoms with Gasteiger partial charge in [0.15, 0.2) is 0 Å². The molecule has 0 spiro atoms. The van der Waals surface area contributed by atoms with E-state index in [0.717, 1.165) is 38.0 Å². The van der Waals surface area contributed by atoms with Gasteiger partial charge in [-0.1, -0.05) is 0 Å². The van der Waals surface area contributed by atoms with Crippen LogP contribution in [0.25, 0.3) is 5.78 Å². The molecular formula is C16H23N5O. The summed E-state index contributed by atoms with van der Waals surface area (Å²) in [6.45, 7) is 3.49. The minimum atomic E-state index is 0.0670. The first kappa shape index (κ1) is 15.0. The lowest BCUT2D eigenvalue weighted by Crippen LogP contribution is -2.34. The molecule has 6 nitrogen and oxygen atoms in total. The SMILES string of the molecule is Cc1nc2ncccn2c1C(=O)N1CCC[C@H](N(C)C)CC1. The Morgan fingerprint density at radius 2 is 2.14 bits per heavy atom. The van der Waals surface area contributed by atoms with Crippen molar-refractivity contribution in [2.24, 2.45) is 0 Å². The molecule has 1 aliphatic rings. The van der Waals surface area contributed by atoms with Gasteiger partial charge < -0.3 is 9.80 Å². The molecule has 3 rings (SSSR count). The highest BCUT2D eigenvalue weighted by molar-refractivity contribution is 5.94. The number of hydrogen-bond acceptors (Lipinski definition) is 4. The molecule has 2 aromatic heterocycles. The Labute approximate surface area is 130 Å². The number of carbonyl (C=O) groups excluding carboxylic acids is 1.